The highest BCUT2D eigenvalue weighted by Crippen LogP contribution is 2.67. The lowest BCUT2D eigenvalue weighted by Gasteiger charge is -2.58. The molecule has 164 valence electrons. The number of rotatable bonds is 5. The minimum atomic E-state index is -0.106. The Bertz CT molecular complexity index is 663. The van der Waals surface area contributed by atoms with Crippen LogP contribution < -0.4 is 0 Å². The van der Waals surface area contributed by atoms with Crippen molar-refractivity contribution in [2.75, 3.05) is 0 Å². The third-order valence-corrected chi connectivity index (χ3v) is 10.3. The van der Waals surface area contributed by atoms with Crippen molar-refractivity contribution in [1.29, 1.82) is 0 Å². The van der Waals surface area contributed by atoms with Crippen molar-refractivity contribution in [1.82, 2.24) is 0 Å². The maximum absolute atomic E-state index is 12.2. The number of carbonyl (C=O) groups excluding carboxylic acids is 1. The maximum atomic E-state index is 12.2. The van der Waals surface area contributed by atoms with Crippen molar-refractivity contribution < 1.29 is 9.90 Å². The predicted molar refractivity (Wildman–Crippen MR) is 119 cm³/mol. The Morgan fingerprint density at radius 2 is 1.86 bits per heavy atom. The van der Waals surface area contributed by atoms with Gasteiger partial charge in [-0.15, -0.1) is 0 Å². The predicted octanol–water partition coefficient (Wildman–Crippen LogP) is 6.57. The van der Waals surface area contributed by atoms with E-state index in [1.165, 1.54) is 38.5 Å². The van der Waals surface area contributed by atoms with E-state index < -0.39 is 0 Å². The summed E-state index contributed by atoms with van der Waals surface area (Å²) < 4.78 is 0. The summed E-state index contributed by atoms with van der Waals surface area (Å²) in [5, 5.41) is 10.2. The first-order chi connectivity index (χ1) is 13.7. The summed E-state index contributed by atoms with van der Waals surface area (Å²) in [6, 6.07) is 0. The number of aliphatic hydroxyl groups excluding tert-OH is 1. The summed E-state index contributed by atoms with van der Waals surface area (Å²) in [5.74, 6) is 4.60. The zero-order valence-electron chi connectivity index (χ0n) is 19.5. The fourth-order valence-electron chi connectivity index (χ4n) is 8.48. The lowest BCUT2D eigenvalue weighted by molar-refractivity contribution is -0.122. The van der Waals surface area contributed by atoms with E-state index in [1.54, 1.807) is 5.57 Å². The molecule has 0 aliphatic heterocycles. The summed E-state index contributed by atoms with van der Waals surface area (Å²) in [6.45, 7) is 11.6. The largest absolute Gasteiger partial charge is 0.393 e. The first kappa shape index (κ1) is 21.6. The monoisotopic (exact) mass is 400 g/mol. The molecule has 3 saturated carbocycles. The van der Waals surface area contributed by atoms with Crippen molar-refractivity contribution >= 4 is 5.78 Å². The Kier molecular flexibility index (Phi) is 5.82. The normalized spacial score (nSPS) is 45.2. The molecule has 0 amide bonds. The topological polar surface area (TPSA) is 37.3 Å². The fourth-order valence-corrected chi connectivity index (χ4v) is 8.48. The molecule has 0 aromatic carbocycles. The first-order valence-corrected chi connectivity index (χ1v) is 12.6. The van der Waals surface area contributed by atoms with E-state index in [4.69, 9.17) is 0 Å². The standard InChI is InChI=1S/C27H44O2/c1-17(2)25(29)11-6-18(3)22-9-10-23-21-8-7-19-16-20(28)12-14-26(19,4)24(21)13-15-27(22,23)5/h7,17-18,20-24,28H,6,8-16H2,1-5H3/t18-,20?,21+,22-,23+,24+,26+,27-/m1/s1. The van der Waals surface area contributed by atoms with Crippen LogP contribution >= 0.6 is 0 Å². The average molecular weight is 401 g/mol. The Morgan fingerprint density at radius 3 is 2.59 bits per heavy atom. The molecule has 1 unspecified atom stereocenters. The van der Waals surface area contributed by atoms with Crippen LogP contribution in [-0.4, -0.2) is 17.0 Å². The third kappa shape index (κ3) is 3.56. The van der Waals surface area contributed by atoms with Gasteiger partial charge in [-0.3, -0.25) is 4.79 Å². The molecule has 8 atom stereocenters. The quantitative estimate of drug-likeness (QED) is 0.530. The minimum Gasteiger partial charge on any atom is -0.393 e. The zero-order valence-corrected chi connectivity index (χ0v) is 19.5. The Hall–Kier alpha value is -0.630. The molecule has 0 aromatic rings. The van der Waals surface area contributed by atoms with Crippen LogP contribution in [-0.2, 0) is 4.79 Å². The summed E-state index contributed by atoms with van der Waals surface area (Å²) >= 11 is 0. The van der Waals surface area contributed by atoms with E-state index in [2.05, 4.69) is 26.8 Å². The van der Waals surface area contributed by atoms with Crippen molar-refractivity contribution in [2.45, 2.75) is 105 Å². The number of hydrogen-bond donors (Lipinski definition) is 1. The fraction of sp³-hybridized carbons (Fsp3) is 0.889. The molecule has 0 bridgehead atoms. The van der Waals surface area contributed by atoms with Crippen molar-refractivity contribution in [2.24, 2.45) is 46.3 Å². The van der Waals surface area contributed by atoms with Crippen LogP contribution in [0.5, 0.6) is 0 Å². The highest BCUT2D eigenvalue weighted by Gasteiger charge is 2.59. The molecule has 2 heteroatoms. The molecule has 0 saturated heterocycles. The highest BCUT2D eigenvalue weighted by atomic mass is 16.3. The van der Waals surface area contributed by atoms with E-state index in [9.17, 15) is 9.90 Å². The molecule has 0 aromatic heterocycles. The number of Topliss-reactive ketones (excluding diaryl/α,β-unsaturated/α-hetero) is 1. The molecule has 29 heavy (non-hydrogen) atoms. The van der Waals surface area contributed by atoms with Gasteiger partial charge in [0.15, 0.2) is 0 Å². The van der Waals surface area contributed by atoms with Gasteiger partial charge in [-0.25, -0.2) is 0 Å². The van der Waals surface area contributed by atoms with Crippen LogP contribution in [0.25, 0.3) is 0 Å². The number of ketones is 1. The van der Waals surface area contributed by atoms with Crippen LogP contribution in [0.15, 0.2) is 11.6 Å². The maximum Gasteiger partial charge on any atom is 0.135 e. The molecule has 4 rings (SSSR count). The van der Waals surface area contributed by atoms with Gasteiger partial charge in [0.1, 0.15) is 5.78 Å². The Balaban J connectivity index is 1.49. The zero-order chi connectivity index (χ0) is 21.0. The molecule has 0 heterocycles. The number of hydrogen-bond acceptors (Lipinski definition) is 2. The van der Waals surface area contributed by atoms with Crippen LogP contribution in [0.4, 0.5) is 0 Å². The van der Waals surface area contributed by atoms with Gasteiger partial charge in [-0.1, -0.05) is 46.3 Å². The van der Waals surface area contributed by atoms with Crippen molar-refractivity contribution in [3.05, 3.63) is 11.6 Å². The Morgan fingerprint density at radius 1 is 1.10 bits per heavy atom. The molecular formula is C27H44O2. The van der Waals surface area contributed by atoms with Gasteiger partial charge in [0, 0.05) is 12.3 Å². The molecular weight excluding hydrogens is 356 g/mol. The van der Waals surface area contributed by atoms with E-state index >= 15 is 0 Å². The summed E-state index contributed by atoms with van der Waals surface area (Å²) in [4.78, 5) is 12.2. The molecule has 0 spiro atoms. The van der Waals surface area contributed by atoms with E-state index in [0.717, 1.165) is 49.4 Å². The van der Waals surface area contributed by atoms with Gasteiger partial charge in [-0.2, -0.15) is 0 Å². The smallest absolute Gasteiger partial charge is 0.135 e. The molecule has 4 aliphatic carbocycles. The second kappa shape index (κ2) is 7.81. The van der Waals surface area contributed by atoms with Crippen LogP contribution in [0.2, 0.25) is 0 Å². The van der Waals surface area contributed by atoms with E-state index in [0.29, 0.717) is 22.5 Å². The molecule has 3 fully saturated rings. The van der Waals surface area contributed by atoms with Crippen molar-refractivity contribution in [3.63, 3.8) is 0 Å². The lowest BCUT2D eigenvalue weighted by Crippen LogP contribution is -2.50. The number of carbonyl (C=O) groups is 1. The highest BCUT2D eigenvalue weighted by molar-refractivity contribution is 5.80. The molecule has 2 nitrogen and oxygen atoms in total. The summed E-state index contributed by atoms with van der Waals surface area (Å²) in [7, 11) is 0. The molecule has 0 radical (unpaired) electrons. The lowest BCUT2D eigenvalue weighted by atomic mass is 9.47. The van der Waals surface area contributed by atoms with Gasteiger partial charge in [0.2, 0.25) is 0 Å². The van der Waals surface area contributed by atoms with Crippen LogP contribution in [0, 0.1) is 46.3 Å². The first-order valence-electron chi connectivity index (χ1n) is 12.6. The van der Waals surface area contributed by atoms with Crippen LogP contribution in [0.1, 0.15) is 98.8 Å². The van der Waals surface area contributed by atoms with Gasteiger partial charge >= 0.3 is 0 Å². The Labute approximate surface area is 178 Å². The number of fused-ring (bicyclic) bond motifs is 5. The molecule has 1 N–H and O–H groups in total. The van der Waals surface area contributed by atoms with Gasteiger partial charge in [0.05, 0.1) is 6.10 Å². The summed E-state index contributed by atoms with van der Waals surface area (Å²) in [6.07, 6.45) is 14.1. The van der Waals surface area contributed by atoms with Crippen molar-refractivity contribution in [3.8, 4) is 0 Å². The SMILES string of the molecule is CC(C)C(=O)CC[C@@H](C)[C@H]1CC[C@H]2[C@@H]3CC=C4CC(O)CC[C@]4(C)[C@H]3CC[C@]12C. The second-order valence-electron chi connectivity index (χ2n) is 12.0. The van der Waals surface area contributed by atoms with E-state index in [1.807, 2.05) is 13.8 Å². The third-order valence-electron chi connectivity index (χ3n) is 10.3. The average Bonchev–Trinajstić information content (AvgIpc) is 3.03. The van der Waals surface area contributed by atoms with Gasteiger partial charge in [0.25, 0.3) is 0 Å². The van der Waals surface area contributed by atoms with Gasteiger partial charge < -0.3 is 5.11 Å². The molecule has 4 aliphatic rings. The number of aliphatic hydroxyl groups is 1. The summed E-state index contributed by atoms with van der Waals surface area (Å²) in [5.41, 5.74) is 2.39. The minimum absolute atomic E-state index is 0.106. The van der Waals surface area contributed by atoms with Crippen LogP contribution in [0.3, 0.4) is 0 Å². The van der Waals surface area contributed by atoms with E-state index in [-0.39, 0.29) is 12.0 Å². The van der Waals surface area contributed by atoms with Gasteiger partial charge in [-0.05, 0) is 98.2 Å². The second-order valence-corrected chi connectivity index (χ2v) is 12.0. The number of allylic oxidation sites excluding steroid dienone is 1.